The minimum absolute atomic E-state index is 0.00945. The van der Waals surface area contributed by atoms with Crippen LogP contribution in [-0.4, -0.2) is 46.2 Å². The summed E-state index contributed by atoms with van der Waals surface area (Å²) in [4.78, 5) is 13.1. The van der Waals surface area contributed by atoms with E-state index >= 15 is 0 Å². The molecule has 6 N–H and O–H groups in total. The molecular weight excluding hydrogens is 546 g/mol. The molecule has 230 valence electrons. The van der Waals surface area contributed by atoms with Crippen LogP contribution in [0.1, 0.15) is 79.5 Å². The Balaban J connectivity index is 1.39. The van der Waals surface area contributed by atoms with Crippen LogP contribution < -0.4 is 15.2 Å². The van der Waals surface area contributed by atoms with E-state index in [4.69, 9.17) is 15.2 Å². The van der Waals surface area contributed by atoms with Crippen LogP contribution in [0.2, 0.25) is 0 Å². The number of carbonyl (C=O) groups excluding carboxylic acids is 1. The SMILES string of the molecule is COc1c(O)c(O)cc2c1CC[C@H](C1(c3ccccc3)CCCC1)[C@H]2C[C@@H](O)CC(=O)CCc1ccc(O)c(OCN)c1. The highest BCUT2D eigenvalue weighted by Gasteiger charge is 2.49. The molecule has 0 unspecified atom stereocenters. The summed E-state index contributed by atoms with van der Waals surface area (Å²) >= 11 is 0. The molecule has 3 aromatic carbocycles. The lowest BCUT2D eigenvalue weighted by atomic mass is 9.57. The average molecular weight is 590 g/mol. The zero-order valence-corrected chi connectivity index (χ0v) is 24.8. The minimum atomic E-state index is -0.877. The first-order chi connectivity index (χ1) is 20.8. The number of aromatic hydroxyl groups is 3. The van der Waals surface area contributed by atoms with E-state index in [9.17, 15) is 25.2 Å². The first kappa shape index (κ1) is 30.7. The Kier molecular flexibility index (Phi) is 9.47. The van der Waals surface area contributed by atoms with Crippen LogP contribution in [-0.2, 0) is 23.1 Å². The van der Waals surface area contributed by atoms with E-state index in [1.54, 1.807) is 18.2 Å². The second-order valence-electron chi connectivity index (χ2n) is 12.1. The molecule has 0 heterocycles. The molecule has 3 atom stereocenters. The third-order valence-corrected chi connectivity index (χ3v) is 9.67. The van der Waals surface area contributed by atoms with Crippen molar-refractivity contribution in [3.63, 3.8) is 0 Å². The number of fused-ring (bicyclic) bond motifs is 1. The zero-order valence-electron chi connectivity index (χ0n) is 24.8. The van der Waals surface area contributed by atoms with E-state index in [1.807, 2.05) is 6.07 Å². The Morgan fingerprint density at radius 3 is 2.49 bits per heavy atom. The summed E-state index contributed by atoms with van der Waals surface area (Å²) in [5.41, 5.74) is 9.25. The van der Waals surface area contributed by atoms with Crippen LogP contribution >= 0.6 is 0 Å². The van der Waals surface area contributed by atoms with Crippen molar-refractivity contribution >= 4 is 5.78 Å². The van der Waals surface area contributed by atoms with Gasteiger partial charge in [0.25, 0.3) is 0 Å². The molecule has 0 aliphatic heterocycles. The number of aliphatic hydroxyl groups excluding tert-OH is 1. The Bertz CT molecular complexity index is 1420. The first-order valence-electron chi connectivity index (χ1n) is 15.3. The number of aliphatic hydroxyl groups is 1. The number of aryl methyl sites for hydroxylation is 1. The normalized spacial score (nSPS) is 19.9. The number of methoxy groups -OCH3 is 1. The second-order valence-corrected chi connectivity index (χ2v) is 12.1. The Morgan fingerprint density at radius 1 is 1.05 bits per heavy atom. The number of benzene rings is 3. The van der Waals surface area contributed by atoms with Gasteiger partial charge in [0.1, 0.15) is 12.5 Å². The quantitative estimate of drug-likeness (QED) is 0.136. The minimum Gasteiger partial charge on any atom is -0.504 e. The van der Waals surface area contributed by atoms with Gasteiger partial charge in [0.05, 0.1) is 13.2 Å². The molecule has 0 bridgehead atoms. The lowest BCUT2D eigenvalue weighted by Gasteiger charge is -2.47. The van der Waals surface area contributed by atoms with Gasteiger partial charge in [-0.05, 0) is 90.7 Å². The van der Waals surface area contributed by atoms with Gasteiger partial charge in [-0.25, -0.2) is 0 Å². The molecule has 8 nitrogen and oxygen atoms in total. The van der Waals surface area contributed by atoms with Crippen molar-refractivity contribution in [2.45, 2.75) is 81.6 Å². The molecule has 0 amide bonds. The topological polar surface area (TPSA) is 142 Å². The van der Waals surface area contributed by atoms with Crippen molar-refractivity contribution in [2.24, 2.45) is 11.7 Å². The molecule has 2 aliphatic carbocycles. The van der Waals surface area contributed by atoms with Gasteiger partial charge >= 0.3 is 0 Å². The molecule has 3 aromatic rings. The molecule has 0 saturated heterocycles. The largest absolute Gasteiger partial charge is 0.504 e. The predicted octanol–water partition coefficient (Wildman–Crippen LogP) is 5.61. The van der Waals surface area contributed by atoms with Gasteiger partial charge in [-0.1, -0.05) is 49.2 Å². The third kappa shape index (κ3) is 6.31. The number of nitrogens with two attached hydrogens (primary N) is 1. The summed E-state index contributed by atoms with van der Waals surface area (Å²) in [6.45, 7) is -0.0672. The van der Waals surface area contributed by atoms with E-state index in [0.717, 1.165) is 48.8 Å². The van der Waals surface area contributed by atoms with Gasteiger partial charge in [-0.15, -0.1) is 0 Å². The summed E-state index contributed by atoms with van der Waals surface area (Å²) < 4.78 is 10.8. The van der Waals surface area contributed by atoms with Crippen LogP contribution in [0.3, 0.4) is 0 Å². The van der Waals surface area contributed by atoms with Gasteiger partial charge in [-0.3, -0.25) is 10.5 Å². The van der Waals surface area contributed by atoms with E-state index in [0.29, 0.717) is 19.3 Å². The number of hydrogen-bond donors (Lipinski definition) is 5. The number of hydrogen-bond acceptors (Lipinski definition) is 8. The molecule has 0 spiro atoms. The van der Waals surface area contributed by atoms with E-state index in [2.05, 4.69) is 24.3 Å². The zero-order chi connectivity index (χ0) is 30.6. The maximum Gasteiger partial charge on any atom is 0.200 e. The van der Waals surface area contributed by atoms with Crippen molar-refractivity contribution < 1.29 is 34.7 Å². The van der Waals surface area contributed by atoms with E-state index < -0.39 is 6.10 Å². The molecule has 2 aliphatic rings. The molecular formula is C35H43NO7. The molecule has 8 heteroatoms. The predicted molar refractivity (Wildman–Crippen MR) is 164 cm³/mol. The number of carbonyl (C=O) groups is 1. The van der Waals surface area contributed by atoms with Gasteiger partial charge in [-0.2, -0.15) is 0 Å². The lowest BCUT2D eigenvalue weighted by molar-refractivity contribution is -0.121. The average Bonchev–Trinajstić information content (AvgIpc) is 3.50. The molecule has 1 fully saturated rings. The molecule has 43 heavy (non-hydrogen) atoms. The van der Waals surface area contributed by atoms with E-state index in [-0.39, 0.29) is 71.4 Å². The van der Waals surface area contributed by atoms with Crippen LogP contribution in [0.5, 0.6) is 28.7 Å². The van der Waals surface area contributed by atoms with Crippen LogP contribution in [0.15, 0.2) is 54.6 Å². The highest BCUT2D eigenvalue weighted by molar-refractivity contribution is 5.79. The lowest BCUT2D eigenvalue weighted by Crippen LogP contribution is -2.40. The summed E-state index contributed by atoms with van der Waals surface area (Å²) in [6, 6.07) is 17.2. The maximum atomic E-state index is 13.1. The van der Waals surface area contributed by atoms with Gasteiger partial charge in [0.2, 0.25) is 5.75 Å². The Morgan fingerprint density at radius 2 is 1.79 bits per heavy atom. The fourth-order valence-corrected chi connectivity index (χ4v) is 7.77. The number of Topliss-reactive ketones (excluding diaryl/α,β-unsaturated/α-hetero) is 1. The number of ether oxygens (including phenoxy) is 2. The summed E-state index contributed by atoms with van der Waals surface area (Å²) in [6.07, 6.45) is 6.09. The monoisotopic (exact) mass is 589 g/mol. The summed E-state index contributed by atoms with van der Waals surface area (Å²) in [5.74, 6) is 0.0408. The second kappa shape index (κ2) is 13.3. The van der Waals surface area contributed by atoms with Crippen molar-refractivity contribution in [1.29, 1.82) is 0 Å². The number of phenolic OH excluding ortho intramolecular Hbond substituents is 3. The summed E-state index contributed by atoms with van der Waals surface area (Å²) in [5, 5.41) is 42.6. The van der Waals surface area contributed by atoms with Gasteiger partial charge in [0, 0.05) is 18.4 Å². The summed E-state index contributed by atoms with van der Waals surface area (Å²) in [7, 11) is 1.49. The number of phenols is 3. The standard InChI is InChI=1S/C35H43NO7/c1-42-34-26-12-13-29(35(15-5-6-16-35)23-7-3-2-4-8-23)28(27(26)20-31(40)33(34)41)19-25(38)18-24(37)11-9-22-10-14-30(39)32(17-22)43-21-36/h2-4,7-8,10,14,17,20,25,28-29,38-41H,5-6,9,11-13,15-16,18-19,21,36H2,1H3/t25-,28-,29-/m0/s1. The first-order valence-corrected chi connectivity index (χ1v) is 15.3. The molecule has 5 rings (SSSR count). The fourth-order valence-electron chi connectivity index (χ4n) is 7.77. The molecule has 1 saturated carbocycles. The van der Waals surface area contributed by atoms with Crippen LogP contribution in [0.4, 0.5) is 0 Å². The number of rotatable bonds is 12. The van der Waals surface area contributed by atoms with Gasteiger partial charge < -0.3 is 29.9 Å². The molecule has 0 radical (unpaired) electrons. The maximum absolute atomic E-state index is 13.1. The van der Waals surface area contributed by atoms with Crippen LogP contribution in [0.25, 0.3) is 0 Å². The van der Waals surface area contributed by atoms with Gasteiger partial charge in [0.15, 0.2) is 23.0 Å². The number of ketones is 1. The van der Waals surface area contributed by atoms with Crippen LogP contribution in [0, 0.1) is 5.92 Å². The van der Waals surface area contributed by atoms with E-state index in [1.165, 1.54) is 18.7 Å². The van der Waals surface area contributed by atoms with Crippen molar-refractivity contribution in [2.75, 3.05) is 13.8 Å². The smallest absolute Gasteiger partial charge is 0.200 e. The Hall–Kier alpha value is -3.75. The van der Waals surface area contributed by atoms with Crippen molar-refractivity contribution in [3.8, 4) is 28.7 Å². The molecule has 0 aromatic heterocycles. The Labute approximate surface area is 253 Å². The van der Waals surface area contributed by atoms with Crippen molar-refractivity contribution in [1.82, 2.24) is 0 Å². The fraction of sp³-hybridized carbons (Fsp3) is 0.457. The highest BCUT2D eigenvalue weighted by Crippen LogP contribution is 2.58. The van der Waals surface area contributed by atoms with Crippen molar-refractivity contribution in [3.05, 3.63) is 76.9 Å². The third-order valence-electron chi connectivity index (χ3n) is 9.67. The highest BCUT2D eigenvalue weighted by atomic mass is 16.5.